The van der Waals surface area contributed by atoms with Crippen molar-refractivity contribution in [3.63, 3.8) is 0 Å². The lowest BCUT2D eigenvalue weighted by atomic mass is 9.89. The molecule has 1 atom stereocenters. The molecule has 1 aliphatic heterocycles. The van der Waals surface area contributed by atoms with Gasteiger partial charge in [-0.2, -0.15) is 0 Å². The zero-order chi connectivity index (χ0) is 11.7. The van der Waals surface area contributed by atoms with Crippen molar-refractivity contribution >= 4 is 17.5 Å². The smallest absolute Gasteiger partial charge is 0.234 e. The van der Waals surface area contributed by atoms with E-state index in [0.717, 1.165) is 16.8 Å². The first-order valence-electron chi connectivity index (χ1n) is 5.27. The number of anilines is 1. The van der Waals surface area contributed by atoms with Gasteiger partial charge in [0.15, 0.2) is 0 Å². The lowest BCUT2D eigenvalue weighted by Gasteiger charge is -2.21. The summed E-state index contributed by atoms with van der Waals surface area (Å²) in [5.41, 5.74) is 8.33. The van der Waals surface area contributed by atoms with Crippen LogP contribution in [0.2, 0.25) is 0 Å². The molecule has 0 bridgehead atoms. The lowest BCUT2D eigenvalue weighted by molar-refractivity contribution is -0.134. The molecule has 1 aliphatic rings. The van der Waals surface area contributed by atoms with Gasteiger partial charge in [0.1, 0.15) is 0 Å². The van der Waals surface area contributed by atoms with Crippen LogP contribution in [0.3, 0.4) is 0 Å². The van der Waals surface area contributed by atoms with Gasteiger partial charge >= 0.3 is 0 Å². The van der Waals surface area contributed by atoms with Crippen LogP contribution in [0.5, 0.6) is 0 Å². The Kier molecular flexibility index (Phi) is 2.64. The number of nitrogen functional groups attached to an aromatic ring is 1. The molecule has 16 heavy (non-hydrogen) atoms. The Hall–Kier alpha value is -1.84. The van der Waals surface area contributed by atoms with E-state index in [1.54, 1.807) is 6.07 Å². The third-order valence-corrected chi connectivity index (χ3v) is 2.94. The molecule has 1 aromatic rings. The first-order chi connectivity index (χ1) is 7.58. The highest BCUT2D eigenvalue weighted by Crippen LogP contribution is 2.26. The summed E-state index contributed by atoms with van der Waals surface area (Å²) in [6.45, 7) is 1.91. The minimum atomic E-state index is -0.225. The van der Waals surface area contributed by atoms with Gasteiger partial charge in [-0.1, -0.05) is 12.1 Å². The number of hydrogen-bond donors (Lipinski definition) is 2. The van der Waals surface area contributed by atoms with Gasteiger partial charge in [-0.25, -0.2) is 0 Å². The lowest BCUT2D eigenvalue weighted by Crippen LogP contribution is -2.39. The van der Waals surface area contributed by atoms with Crippen molar-refractivity contribution in [1.29, 1.82) is 0 Å². The number of carbonyl (C=O) groups is 2. The van der Waals surface area contributed by atoms with Crippen LogP contribution < -0.4 is 11.1 Å². The van der Waals surface area contributed by atoms with Crippen molar-refractivity contribution in [2.24, 2.45) is 0 Å². The Morgan fingerprint density at radius 1 is 1.38 bits per heavy atom. The summed E-state index contributed by atoms with van der Waals surface area (Å²) in [6.07, 6.45) is 0.980. The fourth-order valence-corrected chi connectivity index (χ4v) is 1.93. The summed E-state index contributed by atoms with van der Waals surface area (Å²) in [5.74, 6) is -0.620. The van der Waals surface area contributed by atoms with Crippen molar-refractivity contribution in [3.05, 3.63) is 29.3 Å². The van der Waals surface area contributed by atoms with Crippen molar-refractivity contribution in [2.75, 3.05) is 5.73 Å². The van der Waals surface area contributed by atoms with E-state index in [9.17, 15) is 9.59 Å². The number of nitrogens with two attached hydrogens (primary N) is 1. The normalized spacial score (nSPS) is 20.7. The van der Waals surface area contributed by atoms with Crippen molar-refractivity contribution in [2.45, 2.75) is 25.7 Å². The predicted octanol–water partition coefficient (Wildman–Crippen LogP) is 1.10. The highest BCUT2D eigenvalue weighted by Gasteiger charge is 2.27. The van der Waals surface area contributed by atoms with Crippen LogP contribution in [0.4, 0.5) is 5.69 Å². The van der Waals surface area contributed by atoms with E-state index >= 15 is 0 Å². The average molecular weight is 218 g/mol. The van der Waals surface area contributed by atoms with Gasteiger partial charge < -0.3 is 5.73 Å². The molecular formula is C12H14N2O2. The van der Waals surface area contributed by atoms with Gasteiger partial charge in [0.25, 0.3) is 0 Å². The summed E-state index contributed by atoms with van der Waals surface area (Å²) in [7, 11) is 0. The van der Waals surface area contributed by atoms with E-state index in [2.05, 4.69) is 5.32 Å². The second-order valence-electron chi connectivity index (χ2n) is 4.12. The standard InChI is InChI=1S/C12H14N2O2/c1-7-6-8(2-4-10(7)13)9-3-5-11(15)14-12(9)16/h2,4,6,9H,3,5,13H2,1H3,(H,14,15,16). The third-order valence-electron chi connectivity index (χ3n) is 2.94. The van der Waals surface area contributed by atoms with Crippen LogP contribution in [0.1, 0.15) is 29.9 Å². The Bertz CT molecular complexity index is 454. The largest absolute Gasteiger partial charge is 0.399 e. The Morgan fingerprint density at radius 3 is 2.75 bits per heavy atom. The fourth-order valence-electron chi connectivity index (χ4n) is 1.93. The quantitative estimate of drug-likeness (QED) is 0.547. The molecule has 1 saturated heterocycles. The summed E-state index contributed by atoms with van der Waals surface area (Å²) in [6, 6.07) is 5.56. The van der Waals surface area contributed by atoms with Crippen LogP contribution in [-0.4, -0.2) is 11.8 Å². The van der Waals surface area contributed by atoms with Crippen molar-refractivity contribution in [3.8, 4) is 0 Å². The zero-order valence-electron chi connectivity index (χ0n) is 9.12. The second-order valence-corrected chi connectivity index (χ2v) is 4.12. The molecule has 2 rings (SSSR count). The van der Waals surface area contributed by atoms with Crippen molar-refractivity contribution < 1.29 is 9.59 Å². The van der Waals surface area contributed by atoms with Gasteiger partial charge in [-0.3, -0.25) is 14.9 Å². The first kappa shape index (κ1) is 10.7. The molecule has 2 amide bonds. The van der Waals surface area contributed by atoms with Gasteiger partial charge in [-0.15, -0.1) is 0 Å². The molecule has 3 N–H and O–H groups in total. The van der Waals surface area contributed by atoms with Gasteiger partial charge in [0.05, 0.1) is 5.92 Å². The van der Waals surface area contributed by atoms with Gasteiger partial charge in [0.2, 0.25) is 11.8 Å². The first-order valence-corrected chi connectivity index (χ1v) is 5.27. The van der Waals surface area contributed by atoms with Gasteiger partial charge in [-0.05, 0) is 30.5 Å². The molecule has 0 aromatic heterocycles. The summed E-state index contributed by atoms with van der Waals surface area (Å²) >= 11 is 0. The SMILES string of the molecule is Cc1cc(C2CCC(=O)NC2=O)ccc1N. The maximum absolute atomic E-state index is 11.6. The minimum absolute atomic E-state index is 0.187. The number of imide groups is 1. The fraction of sp³-hybridized carbons (Fsp3) is 0.333. The zero-order valence-corrected chi connectivity index (χ0v) is 9.12. The third kappa shape index (κ3) is 1.91. The topological polar surface area (TPSA) is 72.2 Å². The van der Waals surface area contributed by atoms with Crippen LogP contribution in [-0.2, 0) is 9.59 Å². The van der Waals surface area contributed by atoms with E-state index in [0.29, 0.717) is 12.8 Å². The van der Waals surface area contributed by atoms with Crippen LogP contribution in [0, 0.1) is 6.92 Å². The Labute approximate surface area is 93.8 Å². The number of aryl methyl sites for hydroxylation is 1. The monoisotopic (exact) mass is 218 g/mol. The molecule has 1 aromatic carbocycles. The molecule has 1 unspecified atom stereocenters. The number of nitrogens with one attached hydrogen (secondary N) is 1. The maximum atomic E-state index is 11.6. The van der Waals surface area contributed by atoms with E-state index in [4.69, 9.17) is 5.73 Å². The van der Waals surface area contributed by atoms with Crippen molar-refractivity contribution in [1.82, 2.24) is 5.32 Å². The average Bonchev–Trinajstić information content (AvgIpc) is 2.22. The highest BCUT2D eigenvalue weighted by molar-refractivity contribution is 6.00. The molecular weight excluding hydrogens is 204 g/mol. The Balaban J connectivity index is 2.27. The number of carbonyl (C=O) groups excluding carboxylic acids is 2. The molecule has 0 saturated carbocycles. The van der Waals surface area contributed by atoms with E-state index in [1.165, 1.54) is 0 Å². The molecule has 0 aliphatic carbocycles. The molecule has 0 spiro atoms. The molecule has 0 radical (unpaired) electrons. The minimum Gasteiger partial charge on any atom is -0.399 e. The number of hydrogen-bond acceptors (Lipinski definition) is 3. The molecule has 1 fully saturated rings. The van der Waals surface area contributed by atoms with Gasteiger partial charge in [0, 0.05) is 12.1 Å². The van der Waals surface area contributed by atoms with Crippen LogP contribution >= 0.6 is 0 Å². The summed E-state index contributed by atoms with van der Waals surface area (Å²) in [5, 5.41) is 2.35. The number of benzene rings is 1. The number of amides is 2. The maximum Gasteiger partial charge on any atom is 0.234 e. The number of piperidine rings is 1. The van der Waals surface area contributed by atoms with E-state index in [1.807, 2.05) is 19.1 Å². The number of rotatable bonds is 1. The molecule has 4 heteroatoms. The van der Waals surface area contributed by atoms with Crippen LogP contribution in [0.25, 0.3) is 0 Å². The van der Waals surface area contributed by atoms with E-state index < -0.39 is 0 Å². The summed E-state index contributed by atoms with van der Waals surface area (Å²) < 4.78 is 0. The molecule has 1 heterocycles. The van der Waals surface area contributed by atoms with Crippen LogP contribution in [0.15, 0.2) is 18.2 Å². The summed E-state index contributed by atoms with van der Waals surface area (Å²) in [4.78, 5) is 22.7. The van der Waals surface area contributed by atoms with E-state index in [-0.39, 0.29) is 17.7 Å². The molecule has 4 nitrogen and oxygen atoms in total. The second kappa shape index (κ2) is 3.96. The molecule has 84 valence electrons. The Morgan fingerprint density at radius 2 is 2.12 bits per heavy atom. The highest BCUT2D eigenvalue weighted by atomic mass is 16.2. The predicted molar refractivity (Wildman–Crippen MR) is 60.7 cm³/mol.